The number of carbonyl (C=O) groups is 2. The van der Waals surface area contributed by atoms with Gasteiger partial charge in [0.15, 0.2) is 0 Å². The summed E-state index contributed by atoms with van der Waals surface area (Å²) < 4.78 is 5.83. The van der Waals surface area contributed by atoms with Gasteiger partial charge in [-0.25, -0.2) is 4.79 Å². The lowest BCUT2D eigenvalue weighted by atomic mass is 10.3. The molecule has 0 aliphatic rings. The zero-order valence-corrected chi connectivity index (χ0v) is 9.35. The van der Waals surface area contributed by atoms with E-state index >= 15 is 0 Å². The minimum absolute atomic E-state index is 0.218. The molecule has 0 radical (unpaired) electrons. The van der Waals surface area contributed by atoms with Gasteiger partial charge < -0.3 is 15.8 Å². The van der Waals surface area contributed by atoms with E-state index in [0.717, 1.165) is 0 Å². The molecule has 0 aromatic carbocycles. The van der Waals surface area contributed by atoms with Crippen molar-refractivity contribution in [2.75, 3.05) is 12.8 Å². The average Bonchev–Trinajstić information content (AvgIpc) is 2.57. The van der Waals surface area contributed by atoms with Crippen LogP contribution in [0.4, 0.5) is 5.69 Å². The van der Waals surface area contributed by atoms with E-state index in [1.165, 1.54) is 24.9 Å². The molecule has 0 spiro atoms. The van der Waals surface area contributed by atoms with Crippen LogP contribution < -0.4 is 11.1 Å². The minimum Gasteiger partial charge on any atom is -0.467 e. The van der Waals surface area contributed by atoms with Crippen LogP contribution in [-0.4, -0.2) is 34.8 Å². The number of rotatable bonds is 3. The Morgan fingerprint density at radius 2 is 2.25 bits per heavy atom. The summed E-state index contributed by atoms with van der Waals surface area (Å²) >= 11 is 0. The number of methoxy groups -OCH3 is 1. The third-order valence-electron chi connectivity index (χ3n) is 2.08. The summed E-state index contributed by atoms with van der Waals surface area (Å²) in [6.45, 7) is 1.52. The van der Waals surface area contributed by atoms with Crippen molar-refractivity contribution in [1.82, 2.24) is 15.1 Å². The number of nitrogens with two attached hydrogens (primary N) is 1. The van der Waals surface area contributed by atoms with Crippen LogP contribution in [0.1, 0.15) is 17.4 Å². The van der Waals surface area contributed by atoms with Gasteiger partial charge >= 0.3 is 5.97 Å². The van der Waals surface area contributed by atoms with Crippen LogP contribution in [0.2, 0.25) is 0 Å². The molecule has 0 saturated heterocycles. The Hall–Kier alpha value is -2.05. The highest BCUT2D eigenvalue weighted by Crippen LogP contribution is 2.08. The number of ether oxygens (including phenoxy) is 1. The van der Waals surface area contributed by atoms with Crippen molar-refractivity contribution >= 4 is 17.6 Å². The molecule has 3 N–H and O–H groups in total. The summed E-state index contributed by atoms with van der Waals surface area (Å²) in [6, 6.07) is -0.730. The first kappa shape index (κ1) is 12.0. The molecular weight excluding hydrogens is 212 g/mol. The van der Waals surface area contributed by atoms with Crippen LogP contribution in [0.5, 0.6) is 0 Å². The molecule has 1 aromatic heterocycles. The fraction of sp³-hybridized carbons (Fsp3) is 0.444. The number of carbonyl (C=O) groups excluding carboxylic acids is 2. The Labute approximate surface area is 92.6 Å². The summed E-state index contributed by atoms with van der Waals surface area (Å²) in [6.07, 6.45) is 1.37. The number of nitrogens with one attached hydrogen (secondary N) is 1. The first-order chi connectivity index (χ1) is 7.47. The van der Waals surface area contributed by atoms with Crippen LogP contribution in [-0.2, 0) is 16.6 Å². The second-order valence-corrected chi connectivity index (χ2v) is 3.29. The summed E-state index contributed by atoms with van der Waals surface area (Å²) in [7, 11) is 2.84. The van der Waals surface area contributed by atoms with Gasteiger partial charge in [-0.2, -0.15) is 5.10 Å². The third-order valence-corrected chi connectivity index (χ3v) is 2.08. The maximum absolute atomic E-state index is 11.7. The van der Waals surface area contributed by atoms with E-state index in [4.69, 9.17) is 5.73 Å². The largest absolute Gasteiger partial charge is 0.467 e. The van der Waals surface area contributed by atoms with Crippen molar-refractivity contribution in [1.29, 1.82) is 0 Å². The molecule has 1 heterocycles. The Morgan fingerprint density at radius 3 is 2.69 bits per heavy atom. The summed E-state index contributed by atoms with van der Waals surface area (Å²) in [4.78, 5) is 22.8. The molecule has 0 fully saturated rings. The maximum atomic E-state index is 11.7. The fourth-order valence-corrected chi connectivity index (χ4v) is 1.23. The zero-order chi connectivity index (χ0) is 12.3. The quantitative estimate of drug-likeness (QED) is 0.663. The van der Waals surface area contributed by atoms with Crippen LogP contribution in [0.25, 0.3) is 0 Å². The van der Waals surface area contributed by atoms with Gasteiger partial charge in [-0.3, -0.25) is 9.48 Å². The van der Waals surface area contributed by atoms with Crippen LogP contribution in [0, 0.1) is 0 Å². The molecule has 0 aliphatic carbocycles. The molecular formula is C9H14N4O3. The van der Waals surface area contributed by atoms with Gasteiger partial charge in [0.2, 0.25) is 0 Å². The Morgan fingerprint density at radius 1 is 1.62 bits per heavy atom. The average molecular weight is 226 g/mol. The van der Waals surface area contributed by atoms with E-state index in [2.05, 4.69) is 15.2 Å². The van der Waals surface area contributed by atoms with E-state index in [9.17, 15) is 9.59 Å². The number of hydrogen-bond acceptors (Lipinski definition) is 5. The zero-order valence-electron chi connectivity index (χ0n) is 9.35. The number of esters is 1. The van der Waals surface area contributed by atoms with E-state index in [1.54, 1.807) is 7.05 Å². The number of anilines is 1. The molecule has 1 unspecified atom stereocenters. The monoisotopic (exact) mass is 226 g/mol. The number of nitrogens with zero attached hydrogens (tertiary/aromatic N) is 2. The highest BCUT2D eigenvalue weighted by atomic mass is 16.5. The second-order valence-electron chi connectivity index (χ2n) is 3.29. The summed E-state index contributed by atoms with van der Waals surface area (Å²) in [5.41, 5.74) is 6.05. The Balaban J connectivity index is 2.77. The SMILES string of the molecule is COC(=O)C(C)NC(=O)c1c(N)cnn1C. The molecule has 7 nitrogen and oxygen atoms in total. The lowest BCUT2D eigenvalue weighted by molar-refractivity contribution is -0.142. The first-order valence-electron chi connectivity index (χ1n) is 4.63. The Kier molecular flexibility index (Phi) is 3.49. The molecule has 88 valence electrons. The fourth-order valence-electron chi connectivity index (χ4n) is 1.23. The van der Waals surface area contributed by atoms with Gasteiger partial charge in [-0.15, -0.1) is 0 Å². The molecule has 1 rings (SSSR count). The van der Waals surface area contributed by atoms with E-state index < -0.39 is 17.9 Å². The molecule has 0 saturated carbocycles. The topological polar surface area (TPSA) is 99.2 Å². The van der Waals surface area contributed by atoms with Crippen molar-refractivity contribution in [3.63, 3.8) is 0 Å². The third kappa shape index (κ3) is 2.30. The van der Waals surface area contributed by atoms with Gasteiger partial charge in [0, 0.05) is 7.05 Å². The molecule has 0 aliphatic heterocycles. The molecule has 16 heavy (non-hydrogen) atoms. The predicted octanol–water partition coefficient (Wildman–Crippen LogP) is -0.706. The van der Waals surface area contributed by atoms with Gasteiger partial charge in [0.25, 0.3) is 5.91 Å². The number of nitrogen functional groups attached to an aromatic ring is 1. The molecule has 0 bridgehead atoms. The smallest absolute Gasteiger partial charge is 0.328 e. The van der Waals surface area contributed by atoms with Crippen molar-refractivity contribution < 1.29 is 14.3 Å². The van der Waals surface area contributed by atoms with Crippen LogP contribution >= 0.6 is 0 Å². The van der Waals surface area contributed by atoms with E-state index in [1.807, 2.05) is 0 Å². The lowest BCUT2D eigenvalue weighted by Crippen LogP contribution is -2.40. The van der Waals surface area contributed by atoms with Crippen molar-refractivity contribution in [2.45, 2.75) is 13.0 Å². The molecule has 1 atom stereocenters. The lowest BCUT2D eigenvalue weighted by Gasteiger charge is -2.11. The summed E-state index contributed by atoms with van der Waals surface area (Å²) in [5.74, 6) is -0.982. The van der Waals surface area contributed by atoms with Crippen molar-refractivity contribution in [2.24, 2.45) is 7.05 Å². The van der Waals surface area contributed by atoms with Crippen LogP contribution in [0.3, 0.4) is 0 Å². The van der Waals surface area contributed by atoms with Crippen molar-refractivity contribution in [3.05, 3.63) is 11.9 Å². The number of hydrogen-bond donors (Lipinski definition) is 2. The number of amides is 1. The van der Waals surface area contributed by atoms with Gasteiger partial charge in [-0.05, 0) is 6.92 Å². The van der Waals surface area contributed by atoms with Gasteiger partial charge in [0.05, 0.1) is 19.0 Å². The van der Waals surface area contributed by atoms with Gasteiger partial charge in [-0.1, -0.05) is 0 Å². The molecule has 7 heteroatoms. The molecule has 1 amide bonds. The Bertz CT molecular complexity index is 393. The van der Waals surface area contributed by atoms with Crippen LogP contribution in [0.15, 0.2) is 6.20 Å². The van der Waals surface area contributed by atoms with E-state index in [-0.39, 0.29) is 11.4 Å². The number of aryl methyl sites for hydroxylation is 1. The summed E-state index contributed by atoms with van der Waals surface area (Å²) in [5, 5.41) is 6.28. The number of aromatic nitrogens is 2. The predicted molar refractivity (Wildman–Crippen MR) is 56.6 cm³/mol. The second kappa shape index (κ2) is 4.65. The maximum Gasteiger partial charge on any atom is 0.328 e. The van der Waals surface area contributed by atoms with Crippen molar-refractivity contribution in [3.8, 4) is 0 Å². The molecule has 1 aromatic rings. The first-order valence-corrected chi connectivity index (χ1v) is 4.63. The highest BCUT2D eigenvalue weighted by Gasteiger charge is 2.20. The normalized spacial score (nSPS) is 11.9. The highest BCUT2D eigenvalue weighted by molar-refractivity contribution is 5.99. The standard InChI is InChI=1S/C9H14N4O3/c1-5(9(15)16-3)12-8(14)7-6(10)4-11-13(7)2/h4-5H,10H2,1-3H3,(H,12,14). The van der Waals surface area contributed by atoms with Gasteiger partial charge in [0.1, 0.15) is 11.7 Å². The minimum atomic E-state index is -0.730. The van der Waals surface area contributed by atoms with E-state index in [0.29, 0.717) is 0 Å².